The molecular weight excluding hydrogens is 244 g/mol. The molecule has 0 bridgehead atoms. The molecule has 3 N–H and O–H groups in total. The number of nitrogens with one attached hydrogen (secondary N) is 2. The maximum Gasteiger partial charge on any atom is 0.337 e. The Labute approximate surface area is 113 Å². The molecular formula is C14H20N2O3. The molecule has 1 aromatic carbocycles. The van der Waals surface area contributed by atoms with Gasteiger partial charge in [0.25, 0.3) is 0 Å². The number of carbonyl (C=O) groups excluding carboxylic acids is 1. The van der Waals surface area contributed by atoms with Crippen molar-refractivity contribution in [1.29, 1.82) is 0 Å². The van der Waals surface area contributed by atoms with E-state index in [0.29, 0.717) is 12.2 Å². The Morgan fingerprint density at radius 1 is 1.26 bits per heavy atom. The van der Waals surface area contributed by atoms with Gasteiger partial charge in [0.1, 0.15) is 0 Å². The van der Waals surface area contributed by atoms with E-state index in [4.69, 9.17) is 5.11 Å². The fourth-order valence-corrected chi connectivity index (χ4v) is 1.69. The normalized spacial score (nSPS) is 10.0. The summed E-state index contributed by atoms with van der Waals surface area (Å²) in [4.78, 5) is 22.7. The third-order valence-electron chi connectivity index (χ3n) is 2.72. The molecule has 104 valence electrons. The van der Waals surface area contributed by atoms with Crippen molar-refractivity contribution in [3.05, 3.63) is 29.3 Å². The molecule has 1 rings (SSSR count). The quantitative estimate of drug-likeness (QED) is 0.691. The van der Waals surface area contributed by atoms with E-state index >= 15 is 0 Å². The Bertz CT molecular complexity index is 458. The van der Waals surface area contributed by atoms with Crippen LogP contribution >= 0.6 is 0 Å². The highest BCUT2D eigenvalue weighted by Crippen LogP contribution is 2.17. The Balaban J connectivity index is 2.61. The third-order valence-corrected chi connectivity index (χ3v) is 2.72. The predicted octanol–water partition coefficient (Wildman–Crippen LogP) is 3.00. The molecule has 0 saturated carbocycles. The standard InChI is InChI=1S/C14H20N2O3/c1-3-4-5-8-15-14(19)16-12-7-6-10(2)9-11(12)13(17)18/h6-7,9H,3-5,8H2,1-2H3,(H,17,18)(H2,15,16,19). The minimum atomic E-state index is -1.05. The van der Waals surface area contributed by atoms with Gasteiger partial charge in [-0.2, -0.15) is 0 Å². The number of carboxylic acids is 1. The first-order valence-electron chi connectivity index (χ1n) is 6.43. The lowest BCUT2D eigenvalue weighted by Crippen LogP contribution is -2.30. The number of hydrogen-bond donors (Lipinski definition) is 3. The number of unbranched alkanes of at least 4 members (excludes halogenated alkanes) is 2. The van der Waals surface area contributed by atoms with Crippen LogP contribution in [0.3, 0.4) is 0 Å². The lowest BCUT2D eigenvalue weighted by Gasteiger charge is -2.10. The van der Waals surface area contributed by atoms with Crippen LogP contribution in [0.1, 0.15) is 42.1 Å². The molecule has 0 unspecified atom stereocenters. The second-order valence-electron chi connectivity index (χ2n) is 4.44. The predicted molar refractivity (Wildman–Crippen MR) is 74.7 cm³/mol. The first-order chi connectivity index (χ1) is 9.04. The lowest BCUT2D eigenvalue weighted by molar-refractivity contribution is 0.0698. The van der Waals surface area contributed by atoms with Crippen LogP contribution in [0.5, 0.6) is 0 Å². The number of aryl methyl sites for hydroxylation is 1. The van der Waals surface area contributed by atoms with Crippen molar-refractivity contribution in [3.8, 4) is 0 Å². The van der Waals surface area contributed by atoms with Gasteiger partial charge in [0.2, 0.25) is 0 Å². The van der Waals surface area contributed by atoms with Gasteiger partial charge < -0.3 is 15.7 Å². The number of aromatic carboxylic acids is 1. The maximum absolute atomic E-state index is 11.6. The van der Waals surface area contributed by atoms with E-state index in [9.17, 15) is 9.59 Å². The van der Waals surface area contributed by atoms with Gasteiger partial charge in [0.15, 0.2) is 0 Å². The lowest BCUT2D eigenvalue weighted by atomic mass is 10.1. The van der Waals surface area contributed by atoms with Gasteiger partial charge >= 0.3 is 12.0 Å². The maximum atomic E-state index is 11.6. The van der Waals surface area contributed by atoms with Gasteiger partial charge in [0.05, 0.1) is 11.3 Å². The van der Waals surface area contributed by atoms with E-state index in [2.05, 4.69) is 17.6 Å². The van der Waals surface area contributed by atoms with Gasteiger partial charge in [-0.25, -0.2) is 9.59 Å². The first-order valence-corrected chi connectivity index (χ1v) is 6.43. The van der Waals surface area contributed by atoms with Gasteiger partial charge in [0, 0.05) is 6.54 Å². The van der Waals surface area contributed by atoms with Crippen molar-refractivity contribution in [1.82, 2.24) is 5.32 Å². The van der Waals surface area contributed by atoms with Gasteiger partial charge in [-0.15, -0.1) is 0 Å². The summed E-state index contributed by atoms with van der Waals surface area (Å²) < 4.78 is 0. The van der Waals surface area contributed by atoms with Crippen LogP contribution in [0.4, 0.5) is 10.5 Å². The molecule has 0 atom stereocenters. The molecule has 0 aliphatic rings. The molecule has 19 heavy (non-hydrogen) atoms. The molecule has 0 radical (unpaired) electrons. The summed E-state index contributed by atoms with van der Waals surface area (Å²) in [6, 6.07) is 4.53. The van der Waals surface area contributed by atoms with Crippen molar-refractivity contribution in [2.75, 3.05) is 11.9 Å². The second-order valence-corrected chi connectivity index (χ2v) is 4.44. The largest absolute Gasteiger partial charge is 0.478 e. The van der Waals surface area contributed by atoms with E-state index in [1.807, 2.05) is 0 Å². The third kappa shape index (κ3) is 4.99. The van der Waals surface area contributed by atoms with Crippen LogP contribution < -0.4 is 10.6 Å². The molecule has 5 heteroatoms. The summed E-state index contributed by atoms with van der Waals surface area (Å²) in [5.74, 6) is -1.05. The molecule has 0 aromatic heterocycles. The highest BCUT2D eigenvalue weighted by molar-refractivity contribution is 6.00. The molecule has 0 spiro atoms. The number of hydrogen-bond acceptors (Lipinski definition) is 2. The van der Waals surface area contributed by atoms with Crippen molar-refractivity contribution >= 4 is 17.7 Å². The summed E-state index contributed by atoms with van der Waals surface area (Å²) >= 11 is 0. The van der Waals surface area contributed by atoms with Crippen molar-refractivity contribution in [2.24, 2.45) is 0 Å². The van der Waals surface area contributed by atoms with E-state index in [1.54, 1.807) is 19.1 Å². The Hall–Kier alpha value is -2.04. The topological polar surface area (TPSA) is 78.4 Å². The minimum Gasteiger partial charge on any atom is -0.478 e. The molecule has 0 aliphatic carbocycles. The number of carbonyl (C=O) groups is 2. The van der Waals surface area contributed by atoms with Crippen LogP contribution in [-0.4, -0.2) is 23.7 Å². The highest BCUT2D eigenvalue weighted by Gasteiger charge is 2.12. The smallest absolute Gasteiger partial charge is 0.337 e. The zero-order valence-corrected chi connectivity index (χ0v) is 11.3. The van der Waals surface area contributed by atoms with Gasteiger partial charge in [-0.3, -0.25) is 0 Å². The zero-order valence-electron chi connectivity index (χ0n) is 11.3. The average molecular weight is 264 g/mol. The molecule has 5 nitrogen and oxygen atoms in total. The van der Waals surface area contributed by atoms with Gasteiger partial charge in [-0.1, -0.05) is 31.4 Å². The monoisotopic (exact) mass is 264 g/mol. The van der Waals surface area contributed by atoms with E-state index in [-0.39, 0.29) is 11.6 Å². The van der Waals surface area contributed by atoms with Crippen LogP contribution in [-0.2, 0) is 0 Å². The fraction of sp³-hybridized carbons (Fsp3) is 0.429. The first kappa shape index (κ1) is 15.0. The van der Waals surface area contributed by atoms with Crippen molar-refractivity contribution in [2.45, 2.75) is 33.1 Å². The van der Waals surface area contributed by atoms with E-state index in [0.717, 1.165) is 24.8 Å². The minimum absolute atomic E-state index is 0.101. The number of anilines is 1. The number of rotatable bonds is 6. The van der Waals surface area contributed by atoms with Gasteiger partial charge in [-0.05, 0) is 25.5 Å². The fourth-order valence-electron chi connectivity index (χ4n) is 1.69. The summed E-state index contributed by atoms with van der Waals surface area (Å²) in [5.41, 5.74) is 1.25. The average Bonchev–Trinajstić information content (AvgIpc) is 2.36. The SMILES string of the molecule is CCCCCNC(=O)Nc1ccc(C)cc1C(=O)O. The number of urea groups is 1. The second kappa shape index (κ2) is 7.41. The molecule has 0 heterocycles. The summed E-state index contributed by atoms with van der Waals surface area (Å²) in [5, 5.41) is 14.3. The van der Waals surface area contributed by atoms with Crippen molar-refractivity contribution < 1.29 is 14.7 Å². The molecule has 0 fully saturated rings. The van der Waals surface area contributed by atoms with Crippen molar-refractivity contribution in [3.63, 3.8) is 0 Å². The molecule has 0 saturated heterocycles. The van der Waals surface area contributed by atoms with E-state index in [1.165, 1.54) is 6.07 Å². The van der Waals surface area contributed by atoms with Crippen LogP contribution in [0, 0.1) is 6.92 Å². The Morgan fingerprint density at radius 3 is 2.63 bits per heavy atom. The summed E-state index contributed by atoms with van der Waals surface area (Å²) in [7, 11) is 0. The molecule has 1 aromatic rings. The van der Waals surface area contributed by atoms with Crippen LogP contribution in [0.2, 0.25) is 0 Å². The van der Waals surface area contributed by atoms with Crippen LogP contribution in [0.15, 0.2) is 18.2 Å². The van der Waals surface area contributed by atoms with Crippen LogP contribution in [0.25, 0.3) is 0 Å². The number of carboxylic acid groups (broad SMARTS) is 1. The van der Waals surface area contributed by atoms with E-state index < -0.39 is 5.97 Å². The summed E-state index contributed by atoms with van der Waals surface area (Å²) in [6.07, 6.45) is 3.07. The highest BCUT2D eigenvalue weighted by atomic mass is 16.4. The summed E-state index contributed by atoms with van der Waals surface area (Å²) in [6.45, 7) is 4.49. The Morgan fingerprint density at radius 2 is 2.00 bits per heavy atom. The molecule has 0 aliphatic heterocycles. The Kier molecular flexibility index (Phi) is 5.85. The molecule has 2 amide bonds. The zero-order chi connectivity index (χ0) is 14.3. The number of benzene rings is 1. The number of amides is 2.